The number of anilines is 2. The second kappa shape index (κ2) is 7.12. The third-order valence-electron chi connectivity index (χ3n) is 3.05. The van der Waals surface area contributed by atoms with Crippen molar-refractivity contribution >= 4 is 11.6 Å². The quantitative estimate of drug-likeness (QED) is 0.564. The number of hydrogen-bond acceptors (Lipinski definition) is 4. The highest BCUT2D eigenvalue weighted by atomic mass is 15.3. The molecule has 0 aliphatic rings. The topological polar surface area (TPSA) is 54.2 Å². The third-order valence-corrected chi connectivity index (χ3v) is 3.05. The van der Waals surface area contributed by atoms with Crippen molar-refractivity contribution in [2.24, 2.45) is 5.84 Å². The summed E-state index contributed by atoms with van der Waals surface area (Å²) in [5.74, 6) is 7.11. The van der Waals surface area contributed by atoms with Crippen LogP contribution in [0.3, 0.4) is 0 Å². The molecule has 4 nitrogen and oxygen atoms in total. The molecule has 1 heterocycles. The maximum atomic E-state index is 5.40. The minimum absolute atomic E-state index is 0.502. The molecule has 1 aromatic rings. The average Bonchev–Trinajstić information content (AvgIpc) is 2.39. The Morgan fingerprint density at radius 2 is 2.18 bits per heavy atom. The minimum atomic E-state index is 0.502. The van der Waals surface area contributed by atoms with Gasteiger partial charge in [-0.15, -0.1) is 0 Å². The van der Waals surface area contributed by atoms with E-state index >= 15 is 0 Å². The fourth-order valence-corrected chi connectivity index (χ4v) is 1.77. The van der Waals surface area contributed by atoms with E-state index in [4.69, 9.17) is 5.84 Å². The van der Waals surface area contributed by atoms with Gasteiger partial charge in [-0.05, 0) is 31.9 Å². The Hall–Kier alpha value is -1.29. The SMILES string of the molecule is CCCCN(c1cccc(NN)n1)C(C)CC. The summed E-state index contributed by atoms with van der Waals surface area (Å²) in [7, 11) is 0. The van der Waals surface area contributed by atoms with Gasteiger partial charge in [-0.3, -0.25) is 0 Å². The van der Waals surface area contributed by atoms with Crippen LogP contribution in [-0.2, 0) is 0 Å². The summed E-state index contributed by atoms with van der Waals surface area (Å²) in [4.78, 5) is 6.85. The van der Waals surface area contributed by atoms with Crippen molar-refractivity contribution in [1.82, 2.24) is 4.98 Å². The summed E-state index contributed by atoms with van der Waals surface area (Å²) < 4.78 is 0. The van der Waals surface area contributed by atoms with Gasteiger partial charge in [0.15, 0.2) is 0 Å². The fourth-order valence-electron chi connectivity index (χ4n) is 1.77. The van der Waals surface area contributed by atoms with Crippen LogP contribution in [0.1, 0.15) is 40.0 Å². The predicted molar refractivity (Wildman–Crippen MR) is 74.1 cm³/mol. The molecule has 1 rings (SSSR count). The summed E-state index contributed by atoms with van der Waals surface area (Å²) in [6.07, 6.45) is 3.50. The zero-order valence-corrected chi connectivity index (χ0v) is 11.1. The number of aromatic nitrogens is 1. The summed E-state index contributed by atoms with van der Waals surface area (Å²) in [5.41, 5.74) is 2.60. The smallest absolute Gasteiger partial charge is 0.142 e. The van der Waals surface area contributed by atoms with Crippen LogP contribution in [-0.4, -0.2) is 17.6 Å². The van der Waals surface area contributed by atoms with Crippen molar-refractivity contribution in [3.63, 3.8) is 0 Å². The van der Waals surface area contributed by atoms with E-state index in [1.54, 1.807) is 0 Å². The zero-order valence-electron chi connectivity index (χ0n) is 11.1. The van der Waals surface area contributed by atoms with Crippen LogP contribution in [0.15, 0.2) is 18.2 Å². The average molecular weight is 236 g/mol. The molecule has 0 spiro atoms. The van der Waals surface area contributed by atoms with E-state index < -0.39 is 0 Å². The molecule has 1 aromatic heterocycles. The highest BCUT2D eigenvalue weighted by Crippen LogP contribution is 2.18. The lowest BCUT2D eigenvalue weighted by Gasteiger charge is -2.29. The molecule has 0 aliphatic carbocycles. The number of hydrazine groups is 1. The van der Waals surface area contributed by atoms with Crippen LogP contribution in [0.2, 0.25) is 0 Å². The highest BCUT2D eigenvalue weighted by molar-refractivity contribution is 5.47. The van der Waals surface area contributed by atoms with Crippen LogP contribution in [0.25, 0.3) is 0 Å². The summed E-state index contributed by atoms with van der Waals surface area (Å²) in [6.45, 7) is 7.70. The normalized spacial score (nSPS) is 12.2. The molecule has 0 fully saturated rings. The van der Waals surface area contributed by atoms with Crippen molar-refractivity contribution < 1.29 is 0 Å². The maximum Gasteiger partial charge on any atom is 0.142 e. The molecule has 17 heavy (non-hydrogen) atoms. The second-order valence-electron chi connectivity index (χ2n) is 4.33. The number of rotatable bonds is 7. The van der Waals surface area contributed by atoms with Crippen molar-refractivity contribution in [1.29, 1.82) is 0 Å². The van der Waals surface area contributed by atoms with Crippen LogP contribution < -0.4 is 16.2 Å². The molecule has 0 amide bonds. The first kappa shape index (κ1) is 13.8. The third kappa shape index (κ3) is 3.89. The summed E-state index contributed by atoms with van der Waals surface area (Å²) in [5, 5.41) is 0. The molecule has 3 N–H and O–H groups in total. The Labute approximate surface area is 104 Å². The van der Waals surface area contributed by atoms with E-state index in [2.05, 4.69) is 36.1 Å². The number of hydrogen-bond donors (Lipinski definition) is 2. The monoisotopic (exact) mass is 236 g/mol. The van der Waals surface area contributed by atoms with E-state index in [0.717, 1.165) is 18.8 Å². The molecule has 0 radical (unpaired) electrons. The van der Waals surface area contributed by atoms with Crippen LogP contribution in [0.5, 0.6) is 0 Å². The molecule has 0 saturated heterocycles. The number of unbranched alkanes of at least 4 members (excludes halogenated alkanes) is 1. The second-order valence-corrected chi connectivity index (χ2v) is 4.33. The Kier molecular flexibility index (Phi) is 5.77. The molecule has 1 unspecified atom stereocenters. The van der Waals surface area contributed by atoms with Crippen LogP contribution >= 0.6 is 0 Å². The van der Waals surface area contributed by atoms with Crippen molar-refractivity contribution in [2.75, 3.05) is 16.9 Å². The first-order valence-corrected chi connectivity index (χ1v) is 6.43. The van der Waals surface area contributed by atoms with Crippen molar-refractivity contribution in [3.8, 4) is 0 Å². The maximum absolute atomic E-state index is 5.40. The van der Waals surface area contributed by atoms with Gasteiger partial charge in [-0.25, -0.2) is 10.8 Å². The van der Waals surface area contributed by atoms with Crippen molar-refractivity contribution in [2.45, 2.75) is 46.1 Å². The lowest BCUT2D eigenvalue weighted by atomic mass is 10.2. The molecule has 96 valence electrons. The van der Waals surface area contributed by atoms with Gasteiger partial charge < -0.3 is 10.3 Å². The first-order chi connectivity index (χ1) is 8.22. The number of pyridine rings is 1. The van der Waals surface area contributed by atoms with Gasteiger partial charge >= 0.3 is 0 Å². The van der Waals surface area contributed by atoms with Gasteiger partial charge in [0.25, 0.3) is 0 Å². The van der Waals surface area contributed by atoms with Gasteiger partial charge in [0.05, 0.1) is 0 Å². The molecular weight excluding hydrogens is 212 g/mol. The van der Waals surface area contributed by atoms with Gasteiger partial charge in [-0.1, -0.05) is 26.3 Å². The molecule has 0 aliphatic heterocycles. The van der Waals surface area contributed by atoms with E-state index in [0.29, 0.717) is 11.9 Å². The largest absolute Gasteiger partial charge is 0.354 e. The molecule has 0 saturated carbocycles. The van der Waals surface area contributed by atoms with Gasteiger partial charge in [0.2, 0.25) is 0 Å². The highest BCUT2D eigenvalue weighted by Gasteiger charge is 2.13. The zero-order chi connectivity index (χ0) is 12.7. The van der Waals surface area contributed by atoms with E-state index in [9.17, 15) is 0 Å². The lowest BCUT2D eigenvalue weighted by Crippen LogP contribution is -2.34. The Bertz CT molecular complexity index is 327. The number of nitrogens with zero attached hydrogens (tertiary/aromatic N) is 2. The molecule has 0 aromatic carbocycles. The Balaban J connectivity index is 2.86. The Morgan fingerprint density at radius 3 is 2.76 bits per heavy atom. The lowest BCUT2D eigenvalue weighted by molar-refractivity contribution is 0.590. The summed E-state index contributed by atoms with van der Waals surface area (Å²) >= 11 is 0. The van der Waals surface area contributed by atoms with Crippen LogP contribution in [0, 0.1) is 0 Å². The minimum Gasteiger partial charge on any atom is -0.354 e. The fraction of sp³-hybridized carbons (Fsp3) is 0.615. The van der Waals surface area contributed by atoms with Gasteiger partial charge in [0.1, 0.15) is 11.6 Å². The van der Waals surface area contributed by atoms with E-state index in [1.165, 1.54) is 12.8 Å². The standard InChI is InChI=1S/C13H24N4/c1-4-6-10-17(11(3)5-2)13-9-7-8-12(15-13)16-14/h7-9,11H,4-6,10,14H2,1-3H3,(H,15,16). The molecule has 4 heteroatoms. The van der Waals surface area contributed by atoms with Crippen molar-refractivity contribution in [3.05, 3.63) is 18.2 Å². The predicted octanol–water partition coefficient (Wildman–Crippen LogP) is 2.77. The number of nitrogens with one attached hydrogen (secondary N) is 1. The molecule has 1 atom stereocenters. The van der Waals surface area contributed by atoms with Gasteiger partial charge in [0, 0.05) is 12.6 Å². The number of nitrogen functional groups attached to an aromatic ring is 1. The van der Waals surface area contributed by atoms with Gasteiger partial charge in [-0.2, -0.15) is 0 Å². The van der Waals surface area contributed by atoms with Crippen LogP contribution in [0.4, 0.5) is 11.6 Å². The first-order valence-electron chi connectivity index (χ1n) is 6.43. The molecule has 0 bridgehead atoms. The Morgan fingerprint density at radius 1 is 1.41 bits per heavy atom. The van der Waals surface area contributed by atoms with E-state index in [-0.39, 0.29) is 0 Å². The van der Waals surface area contributed by atoms with E-state index in [1.807, 2.05) is 18.2 Å². The molecular formula is C13H24N4. The number of nitrogens with two attached hydrogens (primary N) is 1. The summed E-state index contributed by atoms with van der Waals surface area (Å²) in [6, 6.07) is 6.40.